The van der Waals surface area contributed by atoms with Crippen molar-refractivity contribution in [2.45, 2.75) is 0 Å². The Labute approximate surface area is 251 Å². The molecule has 4 aromatic heterocycles. The van der Waals surface area contributed by atoms with Crippen LogP contribution in [0.25, 0.3) is 83.7 Å². The van der Waals surface area contributed by atoms with Gasteiger partial charge in [-0.3, -0.25) is 4.98 Å². The minimum Gasteiger partial charge on any atom is -0.455 e. The average Bonchev–Trinajstić information content (AvgIpc) is 3.63. The fourth-order valence-corrected chi connectivity index (χ4v) is 6.11. The Morgan fingerprint density at radius 2 is 1.23 bits per heavy atom. The molecule has 0 bridgehead atoms. The molecule has 44 heavy (non-hydrogen) atoms. The lowest BCUT2D eigenvalue weighted by molar-refractivity contribution is 0.670. The Kier molecular flexibility index (Phi) is 5.40. The van der Waals surface area contributed by atoms with Crippen LogP contribution in [0.1, 0.15) is 0 Å². The molecule has 0 N–H and O–H groups in total. The van der Waals surface area contributed by atoms with Gasteiger partial charge in [0.1, 0.15) is 16.9 Å². The average molecular weight is 566 g/mol. The number of pyridine rings is 1. The van der Waals surface area contributed by atoms with E-state index in [1.165, 1.54) is 10.8 Å². The van der Waals surface area contributed by atoms with Gasteiger partial charge in [-0.15, -0.1) is 0 Å². The summed E-state index contributed by atoms with van der Waals surface area (Å²) in [4.78, 5) is 19.2. The van der Waals surface area contributed by atoms with Crippen LogP contribution in [-0.4, -0.2) is 24.5 Å². The molecule has 5 aromatic carbocycles. The minimum absolute atomic E-state index is 0.511. The lowest BCUT2D eigenvalue weighted by atomic mass is 10.1. The van der Waals surface area contributed by atoms with Crippen LogP contribution in [0.5, 0.6) is 0 Å². The Morgan fingerprint density at radius 3 is 2.07 bits per heavy atom. The first kappa shape index (κ1) is 24.5. The number of furan rings is 1. The molecule has 0 fully saturated rings. The molecule has 0 unspecified atom stereocenters. The van der Waals surface area contributed by atoms with E-state index >= 15 is 0 Å². The largest absolute Gasteiger partial charge is 0.455 e. The van der Waals surface area contributed by atoms with E-state index in [1.807, 2.05) is 66.7 Å². The molecule has 0 saturated heterocycles. The number of aromatic nitrogens is 5. The predicted molar refractivity (Wildman–Crippen MR) is 176 cm³/mol. The lowest BCUT2D eigenvalue weighted by Crippen LogP contribution is -2.01. The molecular weight excluding hydrogens is 542 g/mol. The van der Waals surface area contributed by atoms with E-state index in [2.05, 4.69) is 76.3 Å². The van der Waals surface area contributed by atoms with Crippen molar-refractivity contribution < 1.29 is 4.42 Å². The first-order valence-corrected chi connectivity index (χ1v) is 14.5. The van der Waals surface area contributed by atoms with E-state index in [0.29, 0.717) is 23.2 Å². The fourth-order valence-electron chi connectivity index (χ4n) is 6.11. The summed E-state index contributed by atoms with van der Waals surface area (Å²) in [5.74, 6) is 1.63. The summed E-state index contributed by atoms with van der Waals surface area (Å²) in [6.45, 7) is 0. The minimum atomic E-state index is 0.511. The molecule has 6 nitrogen and oxygen atoms in total. The summed E-state index contributed by atoms with van der Waals surface area (Å²) in [5.41, 5.74) is 7.29. The van der Waals surface area contributed by atoms with Crippen LogP contribution in [0.4, 0.5) is 0 Å². The number of fused-ring (bicyclic) bond motifs is 6. The van der Waals surface area contributed by atoms with Gasteiger partial charge in [0.2, 0.25) is 0 Å². The number of hydrogen-bond acceptors (Lipinski definition) is 5. The third-order valence-corrected chi connectivity index (χ3v) is 8.11. The number of hydrogen-bond donors (Lipinski definition) is 0. The van der Waals surface area contributed by atoms with Crippen molar-refractivity contribution in [1.29, 1.82) is 0 Å². The van der Waals surface area contributed by atoms with E-state index in [9.17, 15) is 0 Å². The van der Waals surface area contributed by atoms with Gasteiger partial charge in [-0.1, -0.05) is 84.9 Å². The van der Waals surface area contributed by atoms with Gasteiger partial charge in [-0.05, 0) is 42.5 Å². The highest BCUT2D eigenvalue weighted by Crippen LogP contribution is 2.40. The highest BCUT2D eigenvalue weighted by atomic mass is 16.3. The predicted octanol–water partition coefficient (Wildman–Crippen LogP) is 9.26. The van der Waals surface area contributed by atoms with Crippen molar-refractivity contribution >= 4 is 43.7 Å². The van der Waals surface area contributed by atoms with Gasteiger partial charge in [0.05, 0.1) is 16.6 Å². The van der Waals surface area contributed by atoms with E-state index in [1.54, 1.807) is 6.20 Å². The van der Waals surface area contributed by atoms with E-state index < -0.39 is 0 Å². The number of benzene rings is 5. The zero-order valence-electron chi connectivity index (χ0n) is 23.4. The Morgan fingerprint density at radius 1 is 0.500 bits per heavy atom. The van der Waals surface area contributed by atoms with Crippen molar-refractivity contribution in [3.05, 3.63) is 140 Å². The van der Waals surface area contributed by atoms with Gasteiger partial charge in [-0.25, -0.2) is 15.0 Å². The molecule has 0 amide bonds. The normalized spacial score (nSPS) is 11.6. The van der Waals surface area contributed by atoms with Crippen molar-refractivity contribution in [2.24, 2.45) is 0 Å². The SMILES string of the molecule is c1ccc(-c2nc(-c3ccccn3)nc(-c3cccc4c3oc3cc5c(cc34)c3ccccc3n5-c3ccccc3)n2)cc1. The molecule has 0 atom stereocenters. The molecule has 9 rings (SSSR count). The van der Waals surface area contributed by atoms with Crippen molar-refractivity contribution in [3.8, 4) is 40.0 Å². The molecule has 0 saturated carbocycles. The summed E-state index contributed by atoms with van der Waals surface area (Å²) >= 11 is 0. The Balaban J connectivity index is 1.31. The Hall–Kier alpha value is -6.14. The standard InChI is InChI=1S/C38H23N5O/c1-3-12-24(13-4-1)36-40-37(42-38(41-36)31-19-9-10-21-39-31)28-18-11-17-27-30-22-29-26-16-7-8-20-32(26)43(25-14-5-2-6-15-25)33(29)23-34(30)44-35(27)28/h1-23H. The Bertz CT molecular complexity index is 2430. The van der Waals surface area contributed by atoms with Crippen LogP contribution in [0.2, 0.25) is 0 Å². The van der Waals surface area contributed by atoms with E-state index in [0.717, 1.165) is 49.8 Å². The summed E-state index contributed by atoms with van der Waals surface area (Å²) in [6, 6.07) is 45.2. The smallest absolute Gasteiger partial charge is 0.182 e. The van der Waals surface area contributed by atoms with Crippen LogP contribution in [0, 0.1) is 0 Å². The number of para-hydroxylation sites is 3. The van der Waals surface area contributed by atoms with Gasteiger partial charge in [0.25, 0.3) is 0 Å². The van der Waals surface area contributed by atoms with Crippen LogP contribution in [0.15, 0.2) is 144 Å². The quantitative estimate of drug-likeness (QED) is 0.213. The number of nitrogens with zero attached hydrogens (tertiary/aromatic N) is 5. The zero-order chi connectivity index (χ0) is 29.0. The van der Waals surface area contributed by atoms with Gasteiger partial charge in [0.15, 0.2) is 17.5 Å². The van der Waals surface area contributed by atoms with Gasteiger partial charge in [-0.2, -0.15) is 0 Å². The molecule has 0 spiro atoms. The van der Waals surface area contributed by atoms with Crippen molar-refractivity contribution in [2.75, 3.05) is 0 Å². The highest BCUT2D eigenvalue weighted by Gasteiger charge is 2.20. The maximum Gasteiger partial charge on any atom is 0.182 e. The van der Waals surface area contributed by atoms with Gasteiger partial charge in [0, 0.05) is 45.1 Å². The third kappa shape index (κ3) is 3.82. The van der Waals surface area contributed by atoms with Gasteiger partial charge < -0.3 is 8.98 Å². The summed E-state index contributed by atoms with van der Waals surface area (Å²) in [5, 5.41) is 4.43. The molecule has 206 valence electrons. The number of rotatable bonds is 4. The highest BCUT2D eigenvalue weighted by molar-refractivity contribution is 6.18. The summed E-state index contributed by atoms with van der Waals surface area (Å²) in [6.07, 6.45) is 1.75. The van der Waals surface area contributed by atoms with E-state index in [4.69, 9.17) is 19.4 Å². The van der Waals surface area contributed by atoms with Crippen LogP contribution < -0.4 is 0 Å². The molecule has 4 heterocycles. The van der Waals surface area contributed by atoms with Crippen LogP contribution in [-0.2, 0) is 0 Å². The summed E-state index contributed by atoms with van der Waals surface area (Å²) < 4.78 is 9.00. The molecule has 6 heteroatoms. The van der Waals surface area contributed by atoms with E-state index in [-0.39, 0.29) is 0 Å². The molecule has 9 aromatic rings. The molecular formula is C38H23N5O. The molecule has 0 aliphatic rings. The second-order valence-electron chi connectivity index (χ2n) is 10.7. The summed E-state index contributed by atoms with van der Waals surface area (Å²) in [7, 11) is 0. The van der Waals surface area contributed by atoms with Gasteiger partial charge >= 0.3 is 0 Å². The molecule has 0 radical (unpaired) electrons. The maximum atomic E-state index is 6.69. The van der Waals surface area contributed by atoms with Crippen molar-refractivity contribution in [3.63, 3.8) is 0 Å². The maximum absolute atomic E-state index is 6.69. The second-order valence-corrected chi connectivity index (χ2v) is 10.7. The first-order chi connectivity index (χ1) is 21.8. The third-order valence-electron chi connectivity index (χ3n) is 8.11. The zero-order valence-corrected chi connectivity index (χ0v) is 23.4. The lowest BCUT2D eigenvalue weighted by Gasteiger charge is -2.08. The van der Waals surface area contributed by atoms with Crippen molar-refractivity contribution in [1.82, 2.24) is 24.5 Å². The topological polar surface area (TPSA) is 69.6 Å². The second kappa shape index (κ2) is 9.71. The first-order valence-electron chi connectivity index (χ1n) is 14.5. The molecule has 0 aliphatic heterocycles. The monoisotopic (exact) mass is 565 g/mol. The van der Waals surface area contributed by atoms with Crippen LogP contribution >= 0.6 is 0 Å². The fraction of sp³-hybridized carbons (Fsp3) is 0. The molecule has 0 aliphatic carbocycles. The van der Waals surface area contributed by atoms with Crippen LogP contribution in [0.3, 0.4) is 0 Å².